The van der Waals surface area contributed by atoms with Crippen LogP contribution in [0.25, 0.3) is 0 Å². The van der Waals surface area contributed by atoms with Crippen LogP contribution < -0.4 is 5.32 Å². The Labute approximate surface area is 169 Å². The number of nitrogens with one attached hydrogen (secondary N) is 1. The Morgan fingerprint density at radius 3 is 1.73 bits per heavy atom. The lowest BCUT2D eigenvalue weighted by Crippen LogP contribution is -2.50. The highest BCUT2D eigenvalue weighted by atomic mass is 33.1. The molecule has 1 N–H and O–H groups in total. The van der Waals surface area contributed by atoms with Gasteiger partial charge in [0.1, 0.15) is 0 Å². The van der Waals surface area contributed by atoms with E-state index in [1.807, 2.05) is 55.4 Å². The topological polar surface area (TPSA) is 56.8 Å². The van der Waals surface area contributed by atoms with Gasteiger partial charge in [-0.05, 0) is 61.8 Å². The van der Waals surface area contributed by atoms with E-state index in [1.54, 1.807) is 21.6 Å². The van der Waals surface area contributed by atoms with Crippen molar-refractivity contribution in [2.45, 2.75) is 98.6 Å². The molecule has 0 aliphatic heterocycles. The van der Waals surface area contributed by atoms with E-state index < -0.39 is 8.80 Å². The molecule has 0 rings (SSSR count). The second kappa shape index (κ2) is 14.3. The first-order valence-electron chi connectivity index (χ1n) is 9.63. The van der Waals surface area contributed by atoms with Crippen LogP contribution in [-0.2, 0) is 18.1 Å². The molecule has 5 nitrogen and oxygen atoms in total. The molecule has 0 fully saturated rings. The monoisotopic (exact) mass is 425 g/mol. The summed E-state index contributed by atoms with van der Waals surface area (Å²) in [5.74, 6) is 1.95. The molecule has 0 aromatic rings. The lowest BCUT2D eigenvalue weighted by molar-refractivity contribution is -0.121. The molecule has 0 aliphatic carbocycles. The standard InChI is InChI=1S/C18H39NO4S2Si/c1-14(2)19-18(20)10-12-25-24-11-9-13-26(21-15(3)4,22-16(5)6)23-17(7)8/h14-17H,9-13H2,1-8H3,(H,19,20). The van der Waals surface area contributed by atoms with E-state index in [9.17, 15) is 4.79 Å². The summed E-state index contributed by atoms with van der Waals surface area (Å²) in [5, 5.41) is 2.91. The minimum absolute atomic E-state index is 0.0839. The third kappa shape index (κ3) is 14.3. The van der Waals surface area contributed by atoms with Crippen molar-refractivity contribution in [2.24, 2.45) is 0 Å². The summed E-state index contributed by atoms with van der Waals surface area (Å²) < 4.78 is 18.5. The van der Waals surface area contributed by atoms with Crippen LogP contribution in [0.2, 0.25) is 6.04 Å². The van der Waals surface area contributed by atoms with E-state index in [4.69, 9.17) is 13.3 Å². The largest absolute Gasteiger partial charge is 0.501 e. The zero-order chi connectivity index (χ0) is 20.2. The van der Waals surface area contributed by atoms with Gasteiger partial charge in [-0.25, -0.2) is 0 Å². The fourth-order valence-electron chi connectivity index (χ4n) is 2.33. The third-order valence-electron chi connectivity index (χ3n) is 2.90. The van der Waals surface area contributed by atoms with E-state index in [-0.39, 0.29) is 30.3 Å². The molecule has 0 radical (unpaired) electrons. The molecule has 0 bridgehead atoms. The zero-order valence-electron chi connectivity index (χ0n) is 17.8. The lowest BCUT2D eigenvalue weighted by atomic mass is 10.3. The first-order valence-corrected chi connectivity index (χ1v) is 14.1. The maximum absolute atomic E-state index is 11.6. The molecular weight excluding hydrogens is 386 g/mol. The Morgan fingerprint density at radius 2 is 1.31 bits per heavy atom. The van der Waals surface area contributed by atoms with Crippen LogP contribution in [0.15, 0.2) is 0 Å². The van der Waals surface area contributed by atoms with Gasteiger partial charge in [-0.2, -0.15) is 0 Å². The normalized spacial score (nSPS) is 12.6. The Hall–Kier alpha value is 0.267. The molecule has 0 aromatic heterocycles. The van der Waals surface area contributed by atoms with Crippen molar-refractivity contribution in [3.63, 3.8) is 0 Å². The lowest BCUT2D eigenvalue weighted by Gasteiger charge is -2.34. The Balaban J connectivity index is 4.28. The van der Waals surface area contributed by atoms with Gasteiger partial charge >= 0.3 is 8.80 Å². The quantitative estimate of drug-likeness (QED) is 0.229. The molecule has 0 aliphatic rings. The fraction of sp³-hybridized carbons (Fsp3) is 0.944. The van der Waals surface area contributed by atoms with E-state index in [1.165, 1.54) is 0 Å². The smallest absolute Gasteiger partial charge is 0.371 e. The minimum atomic E-state index is -2.68. The molecule has 156 valence electrons. The number of amides is 1. The van der Waals surface area contributed by atoms with Gasteiger partial charge < -0.3 is 18.6 Å². The molecule has 0 spiro atoms. The fourth-order valence-corrected chi connectivity index (χ4v) is 7.95. The van der Waals surface area contributed by atoms with Gasteiger partial charge in [0.25, 0.3) is 0 Å². The highest BCUT2D eigenvalue weighted by Gasteiger charge is 2.43. The zero-order valence-corrected chi connectivity index (χ0v) is 20.4. The maximum Gasteiger partial charge on any atom is 0.501 e. The average molecular weight is 426 g/mol. The summed E-state index contributed by atoms with van der Waals surface area (Å²) >= 11 is 0. The van der Waals surface area contributed by atoms with Crippen molar-refractivity contribution in [3.05, 3.63) is 0 Å². The first-order chi connectivity index (χ1) is 12.1. The molecule has 8 heteroatoms. The van der Waals surface area contributed by atoms with Crippen molar-refractivity contribution in [2.75, 3.05) is 11.5 Å². The van der Waals surface area contributed by atoms with Crippen molar-refractivity contribution in [1.29, 1.82) is 0 Å². The number of hydrogen-bond acceptors (Lipinski definition) is 6. The van der Waals surface area contributed by atoms with Crippen molar-refractivity contribution < 1.29 is 18.1 Å². The Morgan fingerprint density at radius 1 is 0.846 bits per heavy atom. The SMILES string of the molecule is CC(C)NC(=O)CCSSCCC[Si](OC(C)C)(OC(C)C)OC(C)C. The van der Waals surface area contributed by atoms with Gasteiger partial charge in [-0.3, -0.25) is 4.79 Å². The molecule has 26 heavy (non-hydrogen) atoms. The van der Waals surface area contributed by atoms with Gasteiger partial charge in [-0.1, -0.05) is 21.6 Å². The van der Waals surface area contributed by atoms with Crippen molar-refractivity contribution >= 4 is 36.3 Å². The summed E-state index contributed by atoms with van der Waals surface area (Å²) in [6, 6.07) is 1.03. The third-order valence-corrected chi connectivity index (χ3v) is 8.85. The second-order valence-corrected chi connectivity index (χ2v) is 12.7. The van der Waals surface area contributed by atoms with Crippen LogP contribution >= 0.6 is 21.6 Å². The summed E-state index contributed by atoms with van der Waals surface area (Å²) in [6.07, 6.45) is 1.80. The van der Waals surface area contributed by atoms with Crippen LogP contribution in [0.1, 0.15) is 68.2 Å². The highest BCUT2D eigenvalue weighted by molar-refractivity contribution is 8.76. The van der Waals surface area contributed by atoms with E-state index in [0.717, 1.165) is 24.0 Å². The molecule has 0 heterocycles. The molecule has 0 unspecified atom stereocenters. The van der Waals surface area contributed by atoms with Crippen LogP contribution in [0.4, 0.5) is 0 Å². The molecule has 0 aromatic carbocycles. The summed E-state index contributed by atoms with van der Waals surface area (Å²) in [7, 11) is 0.877. The van der Waals surface area contributed by atoms with Crippen LogP contribution in [0, 0.1) is 0 Å². The van der Waals surface area contributed by atoms with E-state index in [2.05, 4.69) is 5.32 Å². The van der Waals surface area contributed by atoms with Crippen LogP contribution in [0.3, 0.4) is 0 Å². The Bertz CT molecular complexity index is 356. The van der Waals surface area contributed by atoms with E-state index in [0.29, 0.717) is 6.42 Å². The van der Waals surface area contributed by atoms with Gasteiger partial charge in [-0.15, -0.1) is 0 Å². The molecule has 0 saturated heterocycles. The van der Waals surface area contributed by atoms with Crippen LogP contribution in [-0.4, -0.2) is 50.6 Å². The van der Waals surface area contributed by atoms with Gasteiger partial charge in [0.2, 0.25) is 5.91 Å². The van der Waals surface area contributed by atoms with Gasteiger partial charge in [0, 0.05) is 48.3 Å². The molecular formula is C18H39NO4S2Si. The molecule has 1 amide bonds. The summed E-state index contributed by atoms with van der Waals surface area (Å²) in [5.41, 5.74) is 0. The molecule has 0 saturated carbocycles. The number of rotatable bonds is 15. The van der Waals surface area contributed by atoms with E-state index >= 15 is 0 Å². The maximum atomic E-state index is 11.6. The first kappa shape index (κ1) is 26.3. The number of carbonyl (C=O) groups is 1. The van der Waals surface area contributed by atoms with Crippen molar-refractivity contribution in [1.82, 2.24) is 5.32 Å². The van der Waals surface area contributed by atoms with Gasteiger partial charge in [0.15, 0.2) is 0 Å². The van der Waals surface area contributed by atoms with Gasteiger partial charge in [0.05, 0.1) is 0 Å². The number of hydrogen-bond donors (Lipinski definition) is 1. The minimum Gasteiger partial charge on any atom is -0.371 e. The summed E-state index contributed by atoms with van der Waals surface area (Å²) in [6.45, 7) is 16.1. The summed E-state index contributed by atoms with van der Waals surface area (Å²) in [4.78, 5) is 11.6. The predicted molar refractivity (Wildman–Crippen MR) is 117 cm³/mol. The average Bonchev–Trinajstić information content (AvgIpc) is 2.42. The molecule has 0 atom stereocenters. The number of carbonyl (C=O) groups excluding carboxylic acids is 1. The highest BCUT2D eigenvalue weighted by Crippen LogP contribution is 2.28. The second-order valence-electron chi connectivity index (χ2n) is 7.40. The van der Waals surface area contributed by atoms with Crippen molar-refractivity contribution in [3.8, 4) is 0 Å². The van der Waals surface area contributed by atoms with Crippen LogP contribution in [0.5, 0.6) is 0 Å². The predicted octanol–water partition coefficient (Wildman–Crippen LogP) is 4.89. The Kier molecular flexibility index (Phi) is 14.4.